The first-order valence-corrected chi connectivity index (χ1v) is 7.23. The molecule has 0 aliphatic heterocycles. The van der Waals surface area contributed by atoms with Crippen molar-refractivity contribution in [2.75, 3.05) is 13.7 Å². The van der Waals surface area contributed by atoms with Crippen LogP contribution in [0.2, 0.25) is 0 Å². The predicted molar refractivity (Wildman–Crippen MR) is 85.8 cm³/mol. The number of aryl methyl sites for hydroxylation is 2. The highest BCUT2D eigenvalue weighted by atomic mass is 16.5. The molecule has 0 unspecified atom stereocenters. The number of aromatic amines is 1. The second kappa shape index (κ2) is 5.49. The molecule has 0 amide bonds. The lowest BCUT2D eigenvalue weighted by Crippen LogP contribution is -2.37. The molecule has 0 spiro atoms. The molecule has 3 heteroatoms. The van der Waals surface area contributed by atoms with Gasteiger partial charge in [0.05, 0.1) is 12.6 Å². The van der Waals surface area contributed by atoms with Crippen molar-refractivity contribution in [1.29, 1.82) is 0 Å². The molecule has 110 valence electrons. The van der Waals surface area contributed by atoms with E-state index in [0.717, 1.165) is 24.2 Å². The Bertz CT molecular complexity index is 605. The molecule has 0 bridgehead atoms. The van der Waals surface area contributed by atoms with E-state index >= 15 is 0 Å². The van der Waals surface area contributed by atoms with Gasteiger partial charge in [0.2, 0.25) is 0 Å². The molecule has 20 heavy (non-hydrogen) atoms. The largest absolute Gasteiger partial charge is 0.495 e. The van der Waals surface area contributed by atoms with Crippen molar-refractivity contribution in [2.45, 2.75) is 46.6 Å². The first kappa shape index (κ1) is 14.9. The van der Waals surface area contributed by atoms with Crippen LogP contribution in [0.4, 0.5) is 0 Å². The van der Waals surface area contributed by atoms with E-state index in [4.69, 9.17) is 4.74 Å². The lowest BCUT2D eigenvalue weighted by atomic mass is 10.0. The van der Waals surface area contributed by atoms with Gasteiger partial charge in [0.25, 0.3) is 0 Å². The molecule has 2 N–H and O–H groups in total. The minimum Gasteiger partial charge on any atom is -0.495 e. The maximum absolute atomic E-state index is 5.46. The molecule has 2 aromatic rings. The first-order chi connectivity index (χ1) is 9.33. The summed E-state index contributed by atoms with van der Waals surface area (Å²) in [6, 6.07) is 4.17. The molecule has 0 fully saturated rings. The van der Waals surface area contributed by atoms with Gasteiger partial charge in [-0.3, -0.25) is 0 Å². The van der Waals surface area contributed by atoms with Gasteiger partial charge in [-0.2, -0.15) is 0 Å². The van der Waals surface area contributed by atoms with Gasteiger partial charge in [-0.05, 0) is 64.8 Å². The van der Waals surface area contributed by atoms with Gasteiger partial charge in [0, 0.05) is 16.6 Å². The molecule has 0 radical (unpaired) electrons. The van der Waals surface area contributed by atoms with E-state index in [1.54, 1.807) is 7.11 Å². The van der Waals surface area contributed by atoms with Gasteiger partial charge in [-0.25, -0.2) is 0 Å². The predicted octanol–water partition coefficient (Wildman–Crippen LogP) is 3.72. The summed E-state index contributed by atoms with van der Waals surface area (Å²) < 4.78 is 5.46. The summed E-state index contributed by atoms with van der Waals surface area (Å²) in [6.07, 6.45) is 1.02. The normalized spacial score (nSPS) is 12.1. The lowest BCUT2D eigenvalue weighted by Gasteiger charge is -2.20. The SMILES string of the molecule is COc1ccc(C)c2c(CCNC(C)(C)C)c(C)[nH]c12. The van der Waals surface area contributed by atoms with Gasteiger partial charge >= 0.3 is 0 Å². The van der Waals surface area contributed by atoms with Gasteiger partial charge in [-0.1, -0.05) is 6.07 Å². The third kappa shape index (κ3) is 2.98. The van der Waals surface area contributed by atoms with Gasteiger partial charge in [0.1, 0.15) is 5.75 Å². The number of methoxy groups -OCH3 is 1. The van der Waals surface area contributed by atoms with Crippen LogP contribution in [0.3, 0.4) is 0 Å². The standard InChI is InChI=1S/C17H26N2O/c1-11-7-8-14(20-6)16-15(11)13(12(2)19-16)9-10-18-17(3,4)5/h7-8,18-19H,9-10H2,1-6H3. The minimum atomic E-state index is 0.159. The molecular weight excluding hydrogens is 248 g/mol. The molecule has 0 saturated heterocycles. The number of aromatic nitrogens is 1. The van der Waals surface area contributed by atoms with Crippen LogP contribution >= 0.6 is 0 Å². The third-order valence-electron chi connectivity index (χ3n) is 3.69. The number of ether oxygens (including phenoxy) is 1. The maximum Gasteiger partial charge on any atom is 0.142 e. The van der Waals surface area contributed by atoms with Crippen LogP contribution < -0.4 is 10.1 Å². The highest BCUT2D eigenvalue weighted by Crippen LogP contribution is 2.32. The van der Waals surface area contributed by atoms with Crippen molar-refractivity contribution in [3.8, 4) is 5.75 Å². The number of hydrogen-bond acceptors (Lipinski definition) is 2. The van der Waals surface area contributed by atoms with Gasteiger partial charge in [-0.15, -0.1) is 0 Å². The number of H-pyrrole nitrogens is 1. The zero-order chi connectivity index (χ0) is 14.9. The Kier molecular flexibility index (Phi) is 4.09. The summed E-state index contributed by atoms with van der Waals surface area (Å²) in [6.45, 7) is 11.9. The zero-order valence-electron chi connectivity index (χ0n) is 13.5. The van der Waals surface area contributed by atoms with E-state index in [1.807, 2.05) is 6.07 Å². The van der Waals surface area contributed by atoms with Crippen LogP contribution in [0.25, 0.3) is 10.9 Å². The summed E-state index contributed by atoms with van der Waals surface area (Å²) in [5.41, 5.74) is 5.22. The minimum absolute atomic E-state index is 0.159. The van der Waals surface area contributed by atoms with E-state index in [9.17, 15) is 0 Å². The van der Waals surface area contributed by atoms with Crippen molar-refractivity contribution in [1.82, 2.24) is 10.3 Å². The molecular formula is C17H26N2O. The number of rotatable bonds is 4. The first-order valence-electron chi connectivity index (χ1n) is 7.23. The molecule has 1 aromatic carbocycles. The molecule has 3 nitrogen and oxygen atoms in total. The average molecular weight is 274 g/mol. The van der Waals surface area contributed by atoms with E-state index < -0.39 is 0 Å². The smallest absolute Gasteiger partial charge is 0.142 e. The summed E-state index contributed by atoms with van der Waals surface area (Å²) in [4.78, 5) is 3.48. The second-order valence-corrected chi connectivity index (χ2v) is 6.49. The number of hydrogen-bond donors (Lipinski definition) is 2. The fourth-order valence-electron chi connectivity index (χ4n) is 2.70. The molecule has 2 rings (SSSR count). The number of fused-ring (bicyclic) bond motifs is 1. The molecule has 1 aromatic heterocycles. The summed E-state index contributed by atoms with van der Waals surface area (Å²) in [5.74, 6) is 0.920. The van der Waals surface area contributed by atoms with Gasteiger partial charge < -0.3 is 15.0 Å². The lowest BCUT2D eigenvalue weighted by molar-refractivity contribution is 0.419. The Hall–Kier alpha value is -1.48. The fraction of sp³-hybridized carbons (Fsp3) is 0.529. The Morgan fingerprint density at radius 3 is 2.50 bits per heavy atom. The zero-order valence-corrected chi connectivity index (χ0v) is 13.5. The maximum atomic E-state index is 5.46. The highest BCUT2D eigenvalue weighted by molar-refractivity contribution is 5.92. The van der Waals surface area contributed by atoms with E-state index in [0.29, 0.717) is 0 Å². The number of nitrogens with one attached hydrogen (secondary N) is 2. The Morgan fingerprint density at radius 1 is 1.20 bits per heavy atom. The Labute approximate surface area is 121 Å². The van der Waals surface area contributed by atoms with Crippen LogP contribution in [0, 0.1) is 13.8 Å². The van der Waals surface area contributed by atoms with Crippen molar-refractivity contribution in [3.05, 3.63) is 29.0 Å². The van der Waals surface area contributed by atoms with Crippen LogP contribution in [-0.4, -0.2) is 24.2 Å². The topological polar surface area (TPSA) is 37.0 Å². The van der Waals surface area contributed by atoms with Crippen molar-refractivity contribution in [2.24, 2.45) is 0 Å². The fourth-order valence-corrected chi connectivity index (χ4v) is 2.70. The van der Waals surface area contributed by atoms with E-state index in [-0.39, 0.29) is 5.54 Å². The van der Waals surface area contributed by atoms with Crippen LogP contribution in [-0.2, 0) is 6.42 Å². The Balaban J connectivity index is 2.36. The van der Waals surface area contributed by atoms with Crippen molar-refractivity contribution in [3.63, 3.8) is 0 Å². The molecule has 0 saturated carbocycles. The van der Waals surface area contributed by atoms with Crippen molar-refractivity contribution >= 4 is 10.9 Å². The highest BCUT2D eigenvalue weighted by Gasteiger charge is 2.15. The molecule has 0 aliphatic carbocycles. The molecule has 0 aliphatic rings. The summed E-state index contributed by atoms with van der Waals surface area (Å²) in [7, 11) is 1.72. The van der Waals surface area contributed by atoms with Gasteiger partial charge in [0.15, 0.2) is 0 Å². The van der Waals surface area contributed by atoms with E-state index in [2.05, 4.69) is 51.0 Å². The van der Waals surface area contributed by atoms with E-state index in [1.165, 1.54) is 22.2 Å². The average Bonchev–Trinajstić information content (AvgIpc) is 2.67. The third-order valence-corrected chi connectivity index (χ3v) is 3.69. The summed E-state index contributed by atoms with van der Waals surface area (Å²) >= 11 is 0. The van der Waals surface area contributed by atoms with Crippen LogP contribution in [0.15, 0.2) is 12.1 Å². The molecule has 1 heterocycles. The quantitative estimate of drug-likeness (QED) is 0.891. The second-order valence-electron chi connectivity index (χ2n) is 6.49. The number of benzene rings is 1. The van der Waals surface area contributed by atoms with Crippen LogP contribution in [0.1, 0.15) is 37.6 Å². The molecule has 0 atom stereocenters. The van der Waals surface area contributed by atoms with Crippen LogP contribution in [0.5, 0.6) is 5.75 Å². The van der Waals surface area contributed by atoms with Crippen molar-refractivity contribution < 1.29 is 4.74 Å². The monoisotopic (exact) mass is 274 g/mol. The summed E-state index contributed by atoms with van der Waals surface area (Å²) in [5, 5.41) is 4.87. The Morgan fingerprint density at radius 2 is 1.90 bits per heavy atom.